The molecule has 0 rings (SSSR count). The largest absolute Gasteiger partial charge is 0.472 e. The first-order valence-corrected chi connectivity index (χ1v) is 21.6. The molecule has 0 fully saturated rings. The Balaban J connectivity index is 4.40. The Labute approximate surface area is 307 Å². The molecule has 9 nitrogen and oxygen atoms in total. The van der Waals surface area contributed by atoms with Crippen LogP contribution in [-0.2, 0) is 32.7 Å². The molecule has 0 aromatic rings. The number of phosphoric acid groups is 1. The first-order valence-electron chi connectivity index (χ1n) is 20.1. The predicted molar refractivity (Wildman–Crippen MR) is 206 cm³/mol. The molecule has 0 aliphatic heterocycles. The van der Waals surface area contributed by atoms with Gasteiger partial charge in [0.25, 0.3) is 0 Å². The molecular formula is C40H77NO8P+. The summed E-state index contributed by atoms with van der Waals surface area (Å²) >= 11 is 0. The van der Waals surface area contributed by atoms with Crippen molar-refractivity contribution in [1.29, 1.82) is 0 Å². The number of quaternary nitrogens is 1. The van der Waals surface area contributed by atoms with Crippen LogP contribution in [0.15, 0.2) is 24.3 Å². The number of rotatable bonds is 36. The van der Waals surface area contributed by atoms with Gasteiger partial charge in [-0.2, -0.15) is 0 Å². The molecule has 0 saturated heterocycles. The van der Waals surface area contributed by atoms with E-state index in [2.05, 4.69) is 38.2 Å². The van der Waals surface area contributed by atoms with E-state index in [1.54, 1.807) is 0 Å². The van der Waals surface area contributed by atoms with E-state index in [4.69, 9.17) is 18.5 Å². The molecule has 0 saturated carbocycles. The Bertz CT molecular complexity index is 918. The van der Waals surface area contributed by atoms with E-state index in [9.17, 15) is 19.0 Å². The lowest BCUT2D eigenvalue weighted by Gasteiger charge is -2.24. The molecule has 0 aliphatic carbocycles. The van der Waals surface area contributed by atoms with Crippen LogP contribution in [0, 0.1) is 0 Å². The summed E-state index contributed by atoms with van der Waals surface area (Å²) in [4.78, 5) is 35.2. The standard InChI is InChI=1S/C40H76NO8P/c1-6-8-10-12-14-16-18-19-20-21-23-24-26-28-30-32-39(42)46-36-38(37-48-50(44,45)47-35-34-41(3,4)5)49-40(43)33-31-29-27-25-22-17-15-13-11-9-7-2/h13,15-16,18,38H,6-12,14,17,19-37H2,1-5H3/p+1/b15-13+,18-16+/t38-/m1/s1. The number of ether oxygens (including phenoxy) is 2. The van der Waals surface area contributed by atoms with Crippen molar-refractivity contribution < 1.29 is 42.1 Å². The molecule has 50 heavy (non-hydrogen) atoms. The molecule has 10 heteroatoms. The molecule has 0 spiro atoms. The summed E-state index contributed by atoms with van der Waals surface area (Å²) < 4.78 is 34.2. The van der Waals surface area contributed by atoms with E-state index in [-0.39, 0.29) is 32.0 Å². The monoisotopic (exact) mass is 731 g/mol. The van der Waals surface area contributed by atoms with Crippen LogP contribution in [0.3, 0.4) is 0 Å². The van der Waals surface area contributed by atoms with Crippen LogP contribution >= 0.6 is 7.82 Å². The first kappa shape index (κ1) is 48.5. The van der Waals surface area contributed by atoms with E-state index in [1.165, 1.54) is 70.6 Å². The van der Waals surface area contributed by atoms with Crippen LogP contribution in [-0.4, -0.2) is 74.9 Å². The van der Waals surface area contributed by atoms with Crippen molar-refractivity contribution in [2.45, 2.75) is 174 Å². The van der Waals surface area contributed by atoms with Gasteiger partial charge in [0.15, 0.2) is 6.10 Å². The van der Waals surface area contributed by atoms with E-state index in [0.717, 1.165) is 64.2 Å². The summed E-state index contributed by atoms with van der Waals surface area (Å²) in [6.45, 7) is 4.34. The first-order chi connectivity index (χ1) is 24.0. The average Bonchev–Trinajstić information content (AvgIpc) is 3.06. The molecule has 0 aromatic heterocycles. The predicted octanol–water partition coefficient (Wildman–Crippen LogP) is 10.8. The summed E-state index contributed by atoms with van der Waals surface area (Å²) in [7, 11) is 1.47. The minimum absolute atomic E-state index is 0.0302. The van der Waals surface area contributed by atoms with E-state index in [0.29, 0.717) is 17.4 Å². The Hall–Kier alpha value is -1.51. The van der Waals surface area contributed by atoms with Crippen molar-refractivity contribution in [2.75, 3.05) is 47.5 Å². The van der Waals surface area contributed by atoms with Crippen LogP contribution in [0.25, 0.3) is 0 Å². The number of phosphoric ester groups is 1. The van der Waals surface area contributed by atoms with Crippen molar-refractivity contribution in [3.63, 3.8) is 0 Å². The van der Waals surface area contributed by atoms with Crippen molar-refractivity contribution in [3.05, 3.63) is 24.3 Å². The normalized spacial score (nSPS) is 14.0. The summed E-state index contributed by atoms with van der Waals surface area (Å²) in [6.07, 6.45) is 33.6. The van der Waals surface area contributed by atoms with E-state index < -0.39 is 26.5 Å². The number of nitrogens with zero attached hydrogens (tertiary/aromatic N) is 1. The molecule has 294 valence electrons. The van der Waals surface area contributed by atoms with E-state index in [1.807, 2.05) is 21.1 Å². The van der Waals surface area contributed by atoms with Gasteiger partial charge in [-0.25, -0.2) is 4.57 Å². The molecular weight excluding hydrogens is 653 g/mol. The number of likely N-dealkylation sites (N-methyl/N-ethyl adjacent to an activating group) is 1. The second-order valence-electron chi connectivity index (χ2n) is 14.7. The van der Waals surface area contributed by atoms with Crippen LogP contribution in [0.4, 0.5) is 0 Å². The maximum atomic E-state index is 12.6. The molecule has 2 atom stereocenters. The molecule has 0 amide bonds. The highest BCUT2D eigenvalue weighted by Gasteiger charge is 2.27. The number of esters is 2. The fourth-order valence-corrected chi connectivity index (χ4v) is 5.96. The zero-order valence-corrected chi connectivity index (χ0v) is 33.8. The maximum Gasteiger partial charge on any atom is 0.472 e. The average molecular weight is 731 g/mol. The number of hydrogen-bond acceptors (Lipinski definition) is 7. The van der Waals surface area contributed by atoms with Crippen molar-refractivity contribution in [1.82, 2.24) is 0 Å². The van der Waals surface area contributed by atoms with Gasteiger partial charge >= 0.3 is 19.8 Å². The summed E-state index contributed by atoms with van der Waals surface area (Å²) in [5, 5.41) is 0. The lowest BCUT2D eigenvalue weighted by molar-refractivity contribution is -0.870. The summed E-state index contributed by atoms with van der Waals surface area (Å²) in [6, 6.07) is 0. The minimum Gasteiger partial charge on any atom is -0.462 e. The van der Waals surface area contributed by atoms with Gasteiger partial charge in [-0.1, -0.05) is 122 Å². The van der Waals surface area contributed by atoms with Gasteiger partial charge in [-0.3, -0.25) is 18.6 Å². The summed E-state index contributed by atoms with van der Waals surface area (Å²) in [5.74, 6) is -0.815. The minimum atomic E-state index is -4.37. The molecule has 0 radical (unpaired) electrons. The van der Waals surface area contributed by atoms with Gasteiger partial charge in [0.05, 0.1) is 27.7 Å². The molecule has 0 aromatic carbocycles. The fourth-order valence-electron chi connectivity index (χ4n) is 5.22. The fraction of sp³-hybridized carbons (Fsp3) is 0.850. The van der Waals surface area contributed by atoms with Gasteiger partial charge in [0, 0.05) is 12.8 Å². The second kappa shape index (κ2) is 33.3. The van der Waals surface area contributed by atoms with Crippen LogP contribution < -0.4 is 0 Å². The quantitative estimate of drug-likeness (QED) is 0.0223. The highest BCUT2D eigenvalue weighted by atomic mass is 31.2. The van der Waals surface area contributed by atoms with Crippen molar-refractivity contribution in [2.24, 2.45) is 0 Å². The SMILES string of the molecule is CCCC/C=C/CCCCCCCC(=O)O[C@H](COC(=O)CCCCCCCCC/C=C/CCCCCC)COP(=O)(O)OCC[N+](C)(C)C. The Morgan fingerprint density at radius 1 is 0.600 bits per heavy atom. The molecule has 0 heterocycles. The third-order valence-electron chi connectivity index (χ3n) is 8.45. The second-order valence-corrected chi connectivity index (χ2v) is 16.1. The highest BCUT2D eigenvalue weighted by molar-refractivity contribution is 7.47. The highest BCUT2D eigenvalue weighted by Crippen LogP contribution is 2.43. The van der Waals surface area contributed by atoms with Crippen LogP contribution in [0.1, 0.15) is 168 Å². The van der Waals surface area contributed by atoms with Gasteiger partial charge < -0.3 is 18.9 Å². The zero-order chi connectivity index (χ0) is 37.2. The van der Waals surface area contributed by atoms with Crippen LogP contribution in [0.5, 0.6) is 0 Å². The van der Waals surface area contributed by atoms with Gasteiger partial charge in [0.1, 0.15) is 19.8 Å². The Morgan fingerprint density at radius 3 is 1.54 bits per heavy atom. The number of carbonyl (C=O) groups excluding carboxylic acids is 2. The third-order valence-corrected chi connectivity index (χ3v) is 9.44. The number of carbonyl (C=O) groups is 2. The van der Waals surface area contributed by atoms with Gasteiger partial charge in [0.2, 0.25) is 0 Å². The topological polar surface area (TPSA) is 108 Å². The molecule has 1 N–H and O–H groups in total. The molecule has 0 aliphatic rings. The number of unbranched alkanes of at least 4 members (excludes halogenated alkanes) is 18. The van der Waals surface area contributed by atoms with Crippen LogP contribution in [0.2, 0.25) is 0 Å². The Kier molecular flexibility index (Phi) is 32.3. The number of hydrogen-bond donors (Lipinski definition) is 1. The van der Waals surface area contributed by atoms with Crippen molar-refractivity contribution in [3.8, 4) is 0 Å². The summed E-state index contributed by atoms with van der Waals surface area (Å²) in [5.41, 5.74) is 0. The van der Waals surface area contributed by atoms with Gasteiger partial charge in [-0.15, -0.1) is 0 Å². The molecule has 1 unspecified atom stereocenters. The van der Waals surface area contributed by atoms with Crippen molar-refractivity contribution >= 4 is 19.8 Å². The number of allylic oxidation sites excluding steroid dienone is 4. The van der Waals surface area contributed by atoms with Gasteiger partial charge in [-0.05, 0) is 57.8 Å². The maximum absolute atomic E-state index is 12.6. The Morgan fingerprint density at radius 2 is 1.04 bits per heavy atom. The molecule has 0 bridgehead atoms. The smallest absolute Gasteiger partial charge is 0.462 e. The zero-order valence-electron chi connectivity index (χ0n) is 32.9. The lowest BCUT2D eigenvalue weighted by Crippen LogP contribution is -2.37. The lowest BCUT2D eigenvalue weighted by atomic mass is 10.1. The third kappa shape index (κ3) is 36.3. The van der Waals surface area contributed by atoms with E-state index >= 15 is 0 Å².